The molecule has 0 radical (unpaired) electrons. The number of carbonyl (C=O) groups is 1. The number of aromatic carboxylic acids is 1. The van der Waals surface area contributed by atoms with Crippen molar-refractivity contribution in [2.75, 3.05) is 37.6 Å². The lowest BCUT2D eigenvalue weighted by molar-refractivity contribution is 0.0694. The average molecular weight is 415 g/mol. The van der Waals surface area contributed by atoms with E-state index in [0.29, 0.717) is 24.4 Å². The number of thiazole rings is 1. The number of aromatic nitrogens is 1. The molecule has 0 unspecified atom stereocenters. The number of para-hydroxylation sites is 1. The normalized spacial score (nSPS) is 20.3. The first-order valence-electron chi connectivity index (χ1n) is 9.40. The van der Waals surface area contributed by atoms with Gasteiger partial charge in [0.25, 0.3) is 0 Å². The van der Waals surface area contributed by atoms with Gasteiger partial charge in [0.15, 0.2) is 5.13 Å². The highest BCUT2D eigenvalue weighted by Crippen LogP contribution is 2.31. The predicted molar refractivity (Wildman–Crippen MR) is 112 cm³/mol. The first-order valence-corrected chi connectivity index (χ1v) is 10.3. The summed E-state index contributed by atoms with van der Waals surface area (Å²) in [5, 5.41) is 22.6. The SMILES string of the molecule is N/C(CN1CCN(c2nccs2)CC1)=N\[C@H]1Cc2cccc(C(=O)O)c2OB1O. The summed E-state index contributed by atoms with van der Waals surface area (Å²) in [5.41, 5.74) is 6.89. The summed E-state index contributed by atoms with van der Waals surface area (Å²) >= 11 is 1.63. The van der Waals surface area contributed by atoms with Crippen LogP contribution in [0.25, 0.3) is 0 Å². The van der Waals surface area contributed by atoms with E-state index in [1.54, 1.807) is 23.5 Å². The molecular weight excluding hydrogens is 393 g/mol. The number of fused-ring (bicyclic) bond motifs is 1. The largest absolute Gasteiger partial charge is 0.549 e. The van der Waals surface area contributed by atoms with Crippen LogP contribution in [0.1, 0.15) is 15.9 Å². The Morgan fingerprint density at radius 2 is 2.17 bits per heavy atom. The second-order valence-electron chi connectivity index (χ2n) is 7.08. The molecule has 0 spiro atoms. The molecule has 1 fully saturated rings. The number of amidine groups is 1. The topological polar surface area (TPSA) is 125 Å². The number of carboxylic acids is 1. The molecule has 1 saturated heterocycles. The van der Waals surface area contributed by atoms with E-state index in [1.165, 1.54) is 6.07 Å². The number of hydrogen-bond acceptors (Lipinski definition) is 8. The highest BCUT2D eigenvalue weighted by atomic mass is 32.1. The molecule has 3 heterocycles. The molecule has 1 aromatic heterocycles. The van der Waals surface area contributed by atoms with Crippen molar-refractivity contribution in [3.05, 3.63) is 40.9 Å². The molecule has 2 aliphatic heterocycles. The van der Waals surface area contributed by atoms with E-state index in [0.717, 1.165) is 31.3 Å². The Balaban J connectivity index is 1.37. The van der Waals surface area contributed by atoms with Crippen LogP contribution in [0.3, 0.4) is 0 Å². The molecule has 2 aromatic rings. The number of nitrogens with zero attached hydrogens (tertiary/aromatic N) is 4. The number of benzene rings is 1. The summed E-state index contributed by atoms with van der Waals surface area (Å²) < 4.78 is 5.47. The van der Waals surface area contributed by atoms with Crippen LogP contribution in [0.2, 0.25) is 0 Å². The van der Waals surface area contributed by atoms with Gasteiger partial charge in [-0.2, -0.15) is 0 Å². The van der Waals surface area contributed by atoms with Crippen LogP contribution >= 0.6 is 11.3 Å². The lowest BCUT2D eigenvalue weighted by atomic mass is 9.72. The molecule has 9 nitrogen and oxygen atoms in total. The van der Waals surface area contributed by atoms with Gasteiger partial charge < -0.3 is 25.4 Å². The van der Waals surface area contributed by atoms with Gasteiger partial charge in [-0.15, -0.1) is 11.3 Å². The fraction of sp³-hybridized carbons (Fsp3) is 0.389. The van der Waals surface area contributed by atoms with Crippen LogP contribution in [-0.4, -0.2) is 77.6 Å². The lowest BCUT2D eigenvalue weighted by Gasteiger charge is -2.34. The summed E-state index contributed by atoms with van der Waals surface area (Å²) in [6.45, 7) is 3.97. The zero-order chi connectivity index (χ0) is 20.4. The van der Waals surface area contributed by atoms with Crippen molar-refractivity contribution in [1.29, 1.82) is 0 Å². The molecule has 4 rings (SSSR count). The second-order valence-corrected chi connectivity index (χ2v) is 7.95. The fourth-order valence-electron chi connectivity index (χ4n) is 3.64. The Morgan fingerprint density at radius 1 is 1.38 bits per heavy atom. The Kier molecular flexibility index (Phi) is 5.70. The molecule has 1 atom stereocenters. The highest BCUT2D eigenvalue weighted by molar-refractivity contribution is 7.13. The Hall–Kier alpha value is -2.63. The smallest absolute Gasteiger partial charge is 0.534 e. The third-order valence-electron chi connectivity index (χ3n) is 5.10. The summed E-state index contributed by atoms with van der Waals surface area (Å²) in [4.78, 5) is 24.6. The number of rotatable bonds is 5. The van der Waals surface area contributed by atoms with Crippen LogP contribution in [0.15, 0.2) is 34.8 Å². The van der Waals surface area contributed by atoms with E-state index in [9.17, 15) is 14.9 Å². The molecule has 4 N–H and O–H groups in total. The minimum Gasteiger partial charge on any atom is -0.534 e. The predicted octanol–water partition coefficient (Wildman–Crippen LogP) is 0.344. The first kappa shape index (κ1) is 19.7. The molecule has 0 bridgehead atoms. The van der Waals surface area contributed by atoms with E-state index in [2.05, 4.69) is 19.8 Å². The molecule has 29 heavy (non-hydrogen) atoms. The van der Waals surface area contributed by atoms with Crippen molar-refractivity contribution < 1.29 is 19.6 Å². The number of anilines is 1. The van der Waals surface area contributed by atoms with Gasteiger partial charge in [0, 0.05) is 37.8 Å². The van der Waals surface area contributed by atoms with Crippen LogP contribution < -0.4 is 15.3 Å². The minimum absolute atomic E-state index is 0.0371. The van der Waals surface area contributed by atoms with E-state index < -0.39 is 19.0 Å². The van der Waals surface area contributed by atoms with Crippen molar-refractivity contribution in [2.24, 2.45) is 10.7 Å². The van der Waals surface area contributed by atoms with Gasteiger partial charge in [-0.05, 0) is 18.1 Å². The third kappa shape index (κ3) is 4.36. The Bertz CT molecular complexity index is 902. The standard InChI is InChI=1S/C18H22BN5O4S/c20-15(11-23-5-7-24(8-6-23)18-21-4-9-29-18)22-14-10-12-2-1-3-13(17(25)26)16(12)28-19(14)27/h1-4,9,14,27H,5-8,10-11H2,(H2,20,22)(H,25,26)/t14-/m0/s1. The summed E-state index contributed by atoms with van der Waals surface area (Å²) in [5.74, 6) is -1.02. The van der Waals surface area contributed by atoms with Crippen molar-refractivity contribution in [2.45, 2.75) is 12.4 Å². The maximum absolute atomic E-state index is 11.3. The monoisotopic (exact) mass is 415 g/mol. The van der Waals surface area contributed by atoms with Crippen molar-refractivity contribution in [1.82, 2.24) is 9.88 Å². The quantitative estimate of drug-likeness (QED) is 0.363. The van der Waals surface area contributed by atoms with Crippen LogP contribution in [-0.2, 0) is 6.42 Å². The summed E-state index contributed by atoms with van der Waals surface area (Å²) in [6.07, 6.45) is 2.18. The Labute approximate surface area is 172 Å². The zero-order valence-corrected chi connectivity index (χ0v) is 16.6. The molecular formula is C18H22BN5O4S. The minimum atomic E-state index is -1.23. The molecule has 2 aliphatic rings. The number of carboxylic acid groups (broad SMARTS) is 1. The fourth-order valence-corrected chi connectivity index (χ4v) is 4.34. The summed E-state index contributed by atoms with van der Waals surface area (Å²) in [6, 6.07) is 4.90. The van der Waals surface area contributed by atoms with Gasteiger partial charge in [-0.3, -0.25) is 9.89 Å². The number of piperazine rings is 1. The maximum Gasteiger partial charge on any atom is 0.549 e. The number of nitrogens with two attached hydrogens (primary N) is 1. The Morgan fingerprint density at radius 3 is 2.86 bits per heavy atom. The average Bonchev–Trinajstić information content (AvgIpc) is 3.23. The lowest BCUT2D eigenvalue weighted by Crippen LogP contribution is -2.49. The van der Waals surface area contributed by atoms with Crippen LogP contribution in [0.5, 0.6) is 5.75 Å². The molecule has 152 valence electrons. The third-order valence-corrected chi connectivity index (χ3v) is 5.94. The van der Waals surface area contributed by atoms with E-state index in [-0.39, 0.29) is 11.3 Å². The summed E-state index contributed by atoms with van der Waals surface area (Å²) in [7, 11) is -1.23. The van der Waals surface area contributed by atoms with Gasteiger partial charge in [-0.1, -0.05) is 12.1 Å². The number of aliphatic imine (C=N–C) groups is 1. The van der Waals surface area contributed by atoms with Gasteiger partial charge in [0.2, 0.25) is 0 Å². The van der Waals surface area contributed by atoms with E-state index in [1.807, 2.05) is 11.6 Å². The van der Waals surface area contributed by atoms with E-state index in [4.69, 9.17) is 10.4 Å². The number of hydrogen-bond donors (Lipinski definition) is 3. The van der Waals surface area contributed by atoms with E-state index >= 15 is 0 Å². The van der Waals surface area contributed by atoms with Gasteiger partial charge in [0.05, 0.1) is 12.1 Å². The van der Waals surface area contributed by atoms with Crippen molar-refractivity contribution in [3.63, 3.8) is 0 Å². The van der Waals surface area contributed by atoms with Crippen molar-refractivity contribution >= 4 is 35.4 Å². The first-order chi connectivity index (χ1) is 14.0. The molecule has 0 aliphatic carbocycles. The van der Waals surface area contributed by atoms with Gasteiger partial charge >= 0.3 is 13.1 Å². The van der Waals surface area contributed by atoms with Crippen LogP contribution in [0, 0.1) is 0 Å². The molecule has 1 aromatic carbocycles. The molecule has 0 saturated carbocycles. The molecule has 11 heteroatoms. The highest BCUT2D eigenvalue weighted by Gasteiger charge is 2.37. The maximum atomic E-state index is 11.3. The second kappa shape index (κ2) is 8.40. The van der Waals surface area contributed by atoms with Crippen LogP contribution in [0.4, 0.5) is 5.13 Å². The zero-order valence-electron chi connectivity index (χ0n) is 15.8. The molecule has 0 amide bonds. The van der Waals surface area contributed by atoms with Gasteiger partial charge in [-0.25, -0.2) is 9.78 Å². The van der Waals surface area contributed by atoms with Crippen molar-refractivity contribution in [3.8, 4) is 5.75 Å². The van der Waals surface area contributed by atoms with Gasteiger partial charge in [0.1, 0.15) is 17.5 Å².